The molecule has 0 radical (unpaired) electrons. The summed E-state index contributed by atoms with van der Waals surface area (Å²) in [5.74, 6) is -1.00. The maximum Gasteiger partial charge on any atom is 0.336 e. The number of methoxy groups -OCH3 is 1. The second-order valence-electron chi connectivity index (χ2n) is 8.34. The van der Waals surface area contributed by atoms with E-state index in [-0.39, 0.29) is 29.4 Å². The Morgan fingerprint density at radius 2 is 2.04 bits per heavy atom. The number of rotatable bonds is 3. The molecule has 5 atom stereocenters. The molecule has 5 nitrogen and oxygen atoms in total. The molecule has 5 heteroatoms. The van der Waals surface area contributed by atoms with E-state index in [4.69, 9.17) is 14.2 Å². The molecule has 26 heavy (non-hydrogen) atoms. The Kier molecular flexibility index (Phi) is 4.80. The molecule has 0 spiro atoms. The summed E-state index contributed by atoms with van der Waals surface area (Å²) < 4.78 is 17.3. The molecule has 0 saturated heterocycles. The van der Waals surface area contributed by atoms with Gasteiger partial charge in [-0.1, -0.05) is 19.9 Å². The number of carbonyl (C=O) groups excluding carboxylic acids is 2. The lowest BCUT2D eigenvalue weighted by molar-refractivity contribution is -0.229. The van der Waals surface area contributed by atoms with Crippen molar-refractivity contribution >= 4 is 11.9 Å². The molecule has 144 valence electrons. The molecule has 1 aliphatic heterocycles. The van der Waals surface area contributed by atoms with Gasteiger partial charge in [-0.15, -0.1) is 0 Å². The lowest BCUT2D eigenvalue weighted by atomic mass is 9.52. The first-order valence-electron chi connectivity index (χ1n) is 9.51. The predicted molar refractivity (Wildman–Crippen MR) is 97.1 cm³/mol. The molecule has 3 aliphatic rings. The van der Waals surface area contributed by atoms with E-state index in [2.05, 4.69) is 13.8 Å². The third-order valence-electron chi connectivity index (χ3n) is 7.17. The minimum Gasteiger partial charge on any atom is -0.459 e. The summed E-state index contributed by atoms with van der Waals surface area (Å²) in [6, 6.07) is 0. The Hall–Kier alpha value is -1.62. The molecular weight excluding hydrogens is 332 g/mol. The van der Waals surface area contributed by atoms with Crippen molar-refractivity contribution in [2.24, 2.45) is 17.3 Å². The highest BCUT2D eigenvalue weighted by atomic mass is 16.7. The number of allylic oxidation sites excluding steroid dienone is 1. The summed E-state index contributed by atoms with van der Waals surface area (Å²) in [6.45, 7) is 9.95. The van der Waals surface area contributed by atoms with Crippen molar-refractivity contribution in [2.45, 2.75) is 72.2 Å². The van der Waals surface area contributed by atoms with Gasteiger partial charge < -0.3 is 14.2 Å². The van der Waals surface area contributed by atoms with Gasteiger partial charge in [0.25, 0.3) is 0 Å². The van der Waals surface area contributed by atoms with Crippen LogP contribution in [0.2, 0.25) is 0 Å². The predicted octanol–water partition coefficient (Wildman–Crippen LogP) is 3.93. The molecule has 0 unspecified atom stereocenters. The minimum absolute atomic E-state index is 0.0559. The monoisotopic (exact) mass is 362 g/mol. The lowest BCUT2D eigenvalue weighted by Crippen LogP contribution is -2.56. The highest BCUT2D eigenvalue weighted by Gasteiger charge is 2.61. The quantitative estimate of drug-likeness (QED) is 0.562. The van der Waals surface area contributed by atoms with Gasteiger partial charge in [0.15, 0.2) is 0 Å². The molecule has 2 fully saturated rings. The van der Waals surface area contributed by atoms with Crippen LogP contribution < -0.4 is 0 Å². The van der Waals surface area contributed by atoms with E-state index in [0.29, 0.717) is 23.5 Å². The summed E-state index contributed by atoms with van der Waals surface area (Å²) in [7, 11) is 1.59. The molecule has 0 aromatic heterocycles. The van der Waals surface area contributed by atoms with Crippen LogP contribution in [0.3, 0.4) is 0 Å². The zero-order valence-corrected chi connectivity index (χ0v) is 16.7. The average Bonchev–Trinajstić information content (AvgIpc) is 2.86. The molecule has 2 aliphatic carbocycles. The first-order chi connectivity index (χ1) is 12.2. The zero-order chi connectivity index (χ0) is 19.3. The summed E-state index contributed by atoms with van der Waals surface area (Å²) in [5, 5.41) is 0. The fraction of sp³-hybridized carbons (Fsp3) is 0.714. The number of fused-ring (bicyclic) bond motifs is 2. The van der Waals surface area contributed by atoms with Crippen LogP contribution in [-0.2, 0) is 23.8 Å². The first-order valence-corrected chi connectivity index (χ1v) is 9.51. The van der Waals surface area contributed by atoms with Crippen LogP contribution >= 0.6 is 0 Å². The van der Waals surface area contributed by atoms with E-state index >= 15 is 0 Å². The van der Waals surface area contributed by atoms with E-state index < -0.39 is 5.79 Å². The highest BCUT2D eigenvalue weighted by molar-refractivity contribution is 5.92. The number of esters is 2. The van der Waals surface area contributed by atoms with Gasteiger partial charge in [0.05, 0.1) is 0 Å². The van der Waals surface area contributed by atoms with E-state index in [1.165, 1.54) is 0 Å². The summed E-state index contributed by atoms with van der Waals surface area (Å²) >= 11 is 0. The highest BCUT2D eigenvalue weighted by Crippen LogP contribution is 2.60. The molecule has 2 saturated carbocycles. The van der Waals surface area contributed by atoms with E-state index in [9.17, 15) is 9.59 Å². The van der Waals surface area contributed by atoms with Crippen molar-refractivity contribution in [3.05, 3.63) is 22.8 Å². The van der Waals surface area contributed by atoms with Gasteiger partial charge in [-0.25, -0.2) is 9.59 Å². The van der Waals surface area contributed by atoms with Crippen LogP contribution in [0.25, 0.3) is 0 Å². The SMILES string of the molecule is C/C=C(/C)C(=O)O[C@H]1CC[C@H](C)[C@@]2(C)CC3=C(C)C(=O)O[C@@]3(OC)C[C@@H]12. The van der Waals surface area contributed by atoms with Crippen LogP contribution in [-0.4, -0.2) is 30.9 Å². The first kappa shape index (κ1) is 19.2. The normalized spacial score (nSPS) is 40.0. The lowest BCUT2D eigenvalue weighted by Gasteiger charge is -2.55. The summed E-state index contributed by atoms with van der Waals surface area (Å²) in [4.78, 5) is 24.6. The Morgan fingerprint density at radius 1 is 1.35 bits per heavy atom. The smallest absolute Gasteiger partial charge is 0.336 e. The number of carbonyl (C=O) groups is 2. The van der Waals surface area contributed by atoms with Crippen LogP contribution in [0.5, 0.6) is 0 Å². The van der Waals surface area contributed by atoms with Crippen molar-refractivity contribution in [1.29, 1.82) is 0 Å². The maximum absolute atomic E-state index is 12.4. The van der Waals surface area contributed by atoms with Gasteiger partial charge in [-0.3, -0.25) is 0 Å². The topological polar surface area (TPSA) is 61.8 Å². The Morgan fingerprint density at radius 3 is 2.65 bits per heavy atom. The molecule has 0 N–H and O–H groups in total. The van der Waals surface area contributed by atoms with Crippen LogP contribution in [0, 0.1) is 17.3 Å². The van der Waals surface area contributed by atoms with Gasteiger partial charge in [0.2, 0.25) is 5.79 Å². The minimum atomic E-state index is -0.997. The molecular formula is C21H30O5. The molecule has 0 amide bonds. The van der Waals surface area contributed by atoms with Crippen molar-refractivity contribution < 1.29 is 23.8 Å². The standard InChI is InChI=1S/C21H30O5/c1-7-12(2)18(22)25-17-9-8-13(3)20(5)10-15-14(4)19(23)26-21(15,24-6)11-16(17)20/h7,13,16-17H,8-11H2,1-6H3/b12-7-/t13-,16-,17-,20+,21-/m0/s1. The summed E-state index contributed by atoms with van der Waals surface area (Å²) in [5.41, 5.74) is 2.20. The fourth-order valence-corrected chi connectivity index (χ4v) is 4.94. The van der Waals surface area contributed by atoms with Crippen LogP contribution in [0.4, 0.5) is 0 Å². The molecule has 1 heterocycles. The second kappa shape index (κ2) is 6.52. The number of hydrogen-bond acceptors (Lipinski definition) is 5. The molecule has 0 bridgehead atoms. The van der Waals surface area contributed by atoms with Gasteiger partial charge in [-0.05, 0) is 51.4 Å². The molecule has 0 aromatic rings. The zero-order valence-electron chi connectivity index (χ0n) is 16.7. The Bertz CT molecular complexity index is 691. The summed E-state index contributed by atoms with van der Waals surface area (Å²) in [6.07, 6.45) is 4.69. The van der Waals surface area contributed by atoms with Crippen molar-refractivity contribution in [3.63, 3.8) is 0 Å². The number of hydrogen-bond donors (Lipinski definition) is 0. The number of ether oxygens (including phenoxy) is 3. The van der Waals surface area contributed by atoms with E-state index in [1.54, 1.807) is 20.1 Å². The Balaban J connectivity index is 1.96. The van der Waals surface area contributed by atoms with E-state index in [0.717, 1.165) is 24.8 Å². The molecule has 0 aromatic carbocycles. The third-order valence-corrected chi connectivity index (χ3v) is 7.17. The van der Waals surface area contributed by atoms with Gasteiger partial charge in [0, 0.05) is 36.2 Å². The van der Waals surface area contributed by atoms with Gasteiger partial charge >= 0.3 is 11.9 Å². The van der Waals surface area contributed by atoms with Crippen molar-refractivity contribution in [1.82, 2.24) is 0 Å². The van der Waals surface area contributed by atoms with Crippen LogP contribution in [0.15, 0.2) is 22.8 Å². The average molecular weight is 362 g/mol. The Labute approximate surface area is 155 Å². The maximum atomic E-state index is 12.4. The van der Waals surface area contributed by atoms with E-state index in [1.807, 2.05) is 13.8 Å². The van der Waals surface area contributed by atoms with Gasteiger partial charge in [0.1, 0.15) is 6.10 Å². The molecule has 3 rings (SSSR count). The van der Waals surface area contributed by atoms with Crippen molar-refractivity contribution in [3.8, 4) is 0 Å². The van der Waals surface area contributed by atoms with Gasteiger partial charge in [-0.2, -0.15) is 0 Å². The fourth-order valence-electron chi connectivity index (χ4n) is 4.94. The largest absolute Gasteiger partial charge is 0.459 e. The van der Waals surface area contributed by atoms with Crippen LogP contribution in [0.1, 0.15) is 60.3 Å². The second-order valence-corrected chi connectivity index (χ2v) is 8.34. The third kappa shape index (κ3) is 2.72. The van der Waals surface area contributed by atoms with Crippen molar-refractivity contribution in [2.75, 3.05) is 7.11 Å².